The zero-order valence-corrected chi connectivity index (χ0v) is 5.63. The molecule has 0 rings (SSSR count). The lowest BCUT2D eigenvalue weighted by atomic mass is 9.89. The average molecular weight is 133 g/mol. The van der Waals surface area contributed by atoms with Crippen LogP contribution in [-0.2, 0) is 5.11 Å². The summed E-state index contributed by atoms with van der Waals surface area (Å²) in [6.45, 7) is 1.16. The van der Waals surface area contributed by atoms with Crippen molar-refractivity contribution in [3.8, 4) is 0 Å². The molecule has 0 amide bonds. The number of aliphatic hydroxyl groups is 2. The topological polar surface area (TPSA) is 60.4 Å². The highest BCUT2D eigenvalue weighted by Crippen LogP contribution is 2.18. The van der Waals surface area contributed by atoms with Gasteiger partial charge < -0.3 is 10.2 Å². The standard InChI is InChI=1S/C6H13O3/c1-6(4-8,5-9)2-3-7/h7-8H,2-5H2,1H3. The van der Waals surface area contributed by atoms with E-state index in [2.05, 4.69) is 0 Å². The van der Waals surface area contributed by atoms with Gasteiger partial charge in [-0.15, -0.1) is 0 Å². The first-order chi connectivity index (χ1) is 4.18. The fraction of sp³-hybridized carbons (Fsp3) is 1.00. The highest BCUT2D eigenvalue weighted by atomic mass is 16.3. The van der Waals surface area contributed by atoms with Gasteiger partial charge in [-0.1, -0.05) is 6.92 Å². The highest BCUT2D eigenvalue weighted by Gasteiger charge is 2.21. The van der Waals surface area contributed by atoms with Gasteiger partial charge in [0.15, 0.2) is 0 Å². The molecule has 0 aromatic rings. The molecule has 0 aromatic carbocycles. The average Bonchev–Trinajstić information content (AvgIpc) is 1.89. The van der Waals surface area contributed by atoms with Crippen LogP contribution in [0.15, 0.2) is 0 Å². The van der Waals surface area contributed by atoms with Crippen molar-refractivity contribution in [2.45, 2.75) is 13.3 Å². The summed E-state index contributed by atoms with van der Waals surface area (Å²) >= 11 is 0. The third-order valence-electron chi connectivity index (χ3n) is 1.45. The predicted octanol–water partition coefficient (Wildman–Crippen LogP) is -0.202. The zero-order valence-electron chi connectivity index (χ0n) is 5.63. The van der Waals surface area contributed by atoms with Crippen LogP contribution >= 0.6 is 0 Å². The first kappa shape index (κ1) is 8.88. The summed E-state index contributed by atoms with van der Waals surface area (Å²) in [5.41, 5.74) is -0.616. The van der Waals surface area contributed by atoms with Crippen LogP contribution in [-0.4, -0.2) is 30.0 Å². The van der Waals surface area contributed by atoms with E-state index >= 15 is 0 Å². The molecule has 1 unspecified atom stereocenters. The summed E-state index contributed by atoms with van der Waals surface area (Å²) in [7, 11) is 0. The monoisotopic (exact) mass is 133 g/mol. The number of rotatable bonds is 4. The molecule has 0 saturated carbocycles. The molecule has 1 atom stereocenters. The first-order valence-electron chi connectivity index (χ1n) is 2.98. The van der Waals surface area contributed by atoms with E-state index in [-0.39, 0.29) is 19.8 Å². The fourth-order valence-corrected chi connectivity index (χ4v) is 0.467. The summed E-state index contributed by atoms with van der Waals surface area (Å²) in [6, 6.07) is 0. The summed E-state index contributed by atoms with van der Waals surface area (Å²) in [5.74, 6) is 0. The lowest BCUT2D eigenvalue weighted by molar-refractivity contribution is 0.0159. The number of hydrogen-bond donors (Lipinski definition) is 2. The van der Waals surface area contributed by atoms with Crippen LogP contribution in [0.2, 0.25) is 0 Å². The minimum atomic E-state index is -0.616. The van der Waals surface area contributed by atoms with Gasteiger partial charge in [0.25, 0.3) is 0 Å². The Morgan fingerprint density at radius 3 is 2.11 bits per heavy atom. The van der Waals surface area contributed by atoms with Crippen molar-refractivity contribution in [1.29, 1.82) is 0 Å². The number of aliphatic hydroxyl groups excluding tert-OH is 2. The molecule has 0 aliphatic heterocycles. The lowest BCUT2D eigenvalue weighted by Gasteiger charge is -2.21. The molecule has 3 heteroatoms. The smallest absolute Gasteiger partial charge is 0.0898 e. The molecular formula is C6H13O3. The molecule has 0 aliphatic rings. The Bertz CT molecular complexity index is 68.7. The minimum Gasteiger partial charge on any atom is -0.396 e. The Kier molecular flexibility index (Phi) is 3.77. The van der Waals surface area contributed by atoms with Crippen LogP contribution < -0.4 is 0 Å². The van der Waals surface area contributed by atoms with E-state index in [4.69, 9.17) is 10.2 Å². The van der Waals surface area contributed by atoms with Gasteiger partial charge in [-0.2, -0.15) is 0 Å². The van der Waals surface area contributed by atoms with Gasteiger partial charge in [-0.05, 0) is 6.42 Å². The Morgan fingerprint density at radius 2 is 2.00 bits per heavy atom. The summed E-state index contributed by atoms with van der Waals surface area (Å²) in [6.07, 6.45) is 0.382. The third-order valence-corrected chi connectivity index (χ3v) is 1.45. The van der Waals surface area contributed by atoms with Crippen LogP contribution in [0.1, 0.15) is 13.3 Å². The largest absolute Gasteiger partial charge is 0.396 e. The highest BCUT2D eigenvalue weighted by molar-refractivity contribution is 4.70. The molecule has 0 bridgehead atoms. The van der Waals surface area contributed by atoms with Gasteiger partial charge in [-0.3, -0.25) is 0 Å². The predicted molar refractivity (Wildman–Crippen MR) is 32.4 cm³/mol. The molecule has 3 nitrogen and oxygen atoms in total. The van der Waals surface area contributed by atoms with Gasteiger partial charge in [-0.25, -0.2) is 5.11 Å². The minimum absolute atomic E-state index is 0.0285. The van der Waals surface area contributed by atoms with Gasteiger partial charge >= 0.3 is 0 Å². The molecule has 2 N–H and O–H groups in total. The Morgan fingerprint density at radius 1 is 1.44 bits per heavy atom. The molecule has 9 heavy (non-hydrogen) atoms. The van der Waals surface area contributed by atoms with Crippen LogP contribution in [0, 0.1) is 5.41 Å². The van der Waals surface area contributed by atoms with E-state index in [1.54, 1.807) is 6.92 Å². The molecule has 0 saturated heterocycles. The first-order valence-corrected chi connectivity index (χ1v) is 2.98. The second kappa shape index (κ2) is 3.82. The van der Waals surface area contributed by atoms with Gasteiger partial charge in [0.1, 0.15) is 0 Å². The van der Waals surface area contributed by atoms with Crippen molar-refractivity contribution < 1.29 is 15.3 Å². The van der Waals surface area contributed by atoms with Gasteiger partial charge in [0.05, 0.1) is 13.2 Å². The van der Waals surface area contributed by atoms with E-state index in [9.17, 15) is 5.11 Å². The van der Waals surface area contributed by atoms with Crippen molar-refractivity contribution in [2.24, 2.45) is 5.41 Å². The molecular weight excluding hydrogens is 120 g/mol. The van der Waals surface area contributed by atoms with Crippen molar-refractivity contribution in [2.75, 3.05) is 19.8 Å². The lowest BCUT2D eigenvalue weighted by Crippen LogP contribution is -2.26. The zero-order chi connectivity index (χ0) is 7.33. The molecule has 0 fully saturated rings. The summed E-state index contributed by atoms with van der Waals surface area (Å²) in [4.78, 5) is 0. The van der Waals surface area contributed by atoms with Crippen molar-refractivity contribution >= 4 is 0 Å². The van der Waals surface area contributed by atoms with Crippen molar-refractivity contribution in [1.82, 2.24) is 0 Å². The van der Waals surface area contributed by atoms with Crippen LogP contribution in [0.5, 0.6) is 0 Å². The molecule has 0 aliphatic carbocycles. The van der Waals surface area contributed by atoms with Crippen LogP contribution in [0.4, 0.5) is 0 Å². The SMILES string of the molecule is CC(C[O])(CO)CCO. The maximum Gasteiger partial charge on any atom is 0.0898 e. The van der Waals surface area contributed by atoms with Crippen LogP contribution in [0.25, 0.3) is 0 Å². The molecule has 0 spiro atoms. The maximum atomic E-state index is 10.3. The Balaban J connectivity index is 3.62. The van der Waals surface area contributed by atoms with Gasteiger partial charge in [0.2, 0.25) is 0 Å². The molecule has 0 heterocycles. The van der Waals surface area contributed by atoms with E-state index in [1.807, 2.05) is 0 Å². The van der Waals surface area contributed by atoms with E-state index in [0.717, 1.165) is 0 Å². The van der Waals surface area contributed by atoms with Crippen molar-refractivity contribution in [3.05, 3.63) is 0 Å². The summed E-state index contributed by atoms with van der Waals surface area (Å²) < 4.78 is 0. The maximum absolute atomic E-state index is 10.3. The second-order valence-corrected chi connectivity index (χ2v) is 2.59. The summed E-state index contributed by atoms with van der Waals surface area (Å²) in [5, 5.41) is 27.3. The molecule has 0 aromatic heterocycles. The van der Waals surface area contributed by atoms with E-state index < -0.39 is 5.41 Å². The van der Waals surface area contributed by atoms with Crippen molar-refractivity contribution in [3.63, 3.8) is 0 Å². The Labute approximate surface area is 54.9 Å². The second-order valence-electron chi connectivity index (χ2n) is 2.59. The van der Waals surface area contributed by atoms with Crippen LogP contribution in [0.3, 0.4) is 0 Å². The molecule has 55 valence electrons. The van der Waals surface area contributed by atoms with E-state index in [0.29, 0.717) is 6.42 Å². The Hall–Kier alpha value is -0.120. The number of hydrogen-bond acceptors (Lipinski definition) is 2. The fourth-order valence-electron chi connectivity index (χ4n) is 0.467. The normalized spacial score (nSPS) is 12.0. The van der Waals surface area contributed by atoms with E-state index in [1.165, 1.54) is 0 Å². The van der Waals surface area contributed by atoms with Gasteiger partial charge in [0, 0.05) is 12.0 Å². The molecule has 1 radical (unpaired) electrons. The quantitative estimate of drug-likeness (QED) is 0.557. The third kappa shape index (κ3) is 2.79.